The Balaban J connectivity index is 1.22. The van der Waals surface area contributed by atoms with E-state index < -0.39 is 0 Å². The fourth-order valence-corrected chi connectivity index (χ4v) is 4.46. The maximum atomic E-state index is 12.6. The largest absolute Gasteiger partial charge is 0.493 e. The molecule has 3 aliphatic rings. The van der Waals surface area contributed by atoms with Crippen LogP contribution in [0.15, 0.2) is 33.8 Å². The first-order valence-corrected chi connectivity index (χ1v) is 10.5. The van der Waals surface area contributed by atoms with Gasteiger partial charge < -0.3 is 15.0 Å². The van der Waals surface area contributed by atoms with E-state index in [1.807, 2.05) is 12.1 Å². The Labute approximate surface area is 171 Å². The minimum atomic E-state index is -0.346. The average molecular weight is 409 g/mol. The number of nitrogens with zero attached hydrogens (tertiary/aromatic N) is 4. The Bertz CT molecular complexity index is 1050. The van der Waals surface area contributed by atoms with Gasteiger partial charge in [-0.15, -0.1) is 21.5 Å². The Morgan fingerprint density at radius 1 is 1.17 bits per heavy atom. The number of rotatable bonds is 3. The molecule has 148 valence electrons. The first-order valence-electron chi connectivity index (χ1n) is 9.63. The van der Waals surface area contributed by atoms with Crippen LogP contribution in [0.4, 0.5) is 0 Å². The van der Waals surface area contributed by atoms with Crippen molar-refractivity contribution in [2.45, 2.75) is 25.7 Å². The van der Waals surface area contributed by atoms with Crippen LogP contribution >= 0.6 is 11.3 Å². The van der Waals surface area contributed by atoms with Gasteiger partial charge in [0.2, 0.25) is 0 Å². The number of amidine groups is 1. The quantitative estimate of drug-likeness (QED) is 0.841. The van der Waals surface area contributed by atoms with Crippen LogP contribution < -0.4 is 10.1 Å². The van der Waals surface area contributed by atoms with Gasteiger partial charge in [0.25, 0.3) is 11.8 Å². The summed E-state index contributed by atoms with van der Waals surface area (Å²) in [7, 11) is 0. The number of carbonyl (C=O) groups is 2. The molecule has 1 N–H and O–H groups in total. The molecule has 8 nitrogen and oxygen atoms in total. The van der Waals surface area contributed by atoms with Crippen molar-refractivity contribution in [3.63, 3.8) is 0 Å². The van der Waals surface area contributed by atoms with Crippen molar-refractivity contribution in [3.05, 3.63) is 34.8 Å². The summed E-state index contributed by atoms with van der Waals surface area (Å²) in [5.41, 5.74) is 2.83. The second-order valence-electron chi connectivity index (χ2n) is 7.18. The Kier molecular flexibility index (Phi) is 4.59. The maximum Gasteiger partial charge on any atom is 0.276 e. The zero-order valence-electron chi connectivity index (χ0n) is 15.7. The van der Waals surface area contributed by atoms with Gasteiger partial charge in [-0.25, -0.2) is 4.98 Å². The van der Waals surface area contributed by atoms with Gasteiger partial charge >= 0.3 is 0 Å². The maximum absolute atomic E-state index is 12.6. The first kappa shape index (κ1) is 18.0. The van der Waals surface area contributed by atoms with Gasteiger partial charge in [-0.2, -0.15) is 0 Å². The minimum absolute atomic E-state index is 0.0907. The van der Waals surface area contributed by atoms with E-state index in [9.17, 15) is 9.59 Å². The number of aromatic nitrogens is 1. The highest BCUT2D eigenvalue weighted by Gasteiger charge is 2.27. The second-order valence-corrected chi connectivity index (χ2v) is 8.04. The number of benzene rings is 1. The number of nitrogens with one attached hydrogen (secondary N) is 1. The normalized spacial score (nSPS) is 17.6. The molecule has 9 heteroatoms. The van der Waals surface area contributed by atoms with E-state index in [2.05, 4.69) is 26.6 Å². The molecule has 2 aromatic rings. The Morgan fingerprint density at radius 2 is 2.03 bits per heavy atom. The van der Waals surface area contributed by atoms with Crippen molar-refractivity contribution in [1.29, 1.82) is 0 Å². The fraction of sp³-hybridized carbons (Fsp3) is 0.350. The van der Waals surface area contributed by atoms with Crippen LogP contribution in [-0.2, 0) is 11.2 Å². The zero-order valence-corrected chi connectivity index (χ0v) is 16.5. The molecule has 1 aromatic heterocycles. The number of thiazole rings is 1. The standard InChI is InChI=1S/C20H19N5O3S/c26-18(22-17-10-14(23-24-17)20(27)25-6-1-2-7-25)15-11-29-19(21-15)13-3-4-16-12(9-13)5-8-28-16/h3-4,9,11H,1-2,5-8,10H2,(H,22,24,26). The number of likely N-dealkylation sites (tertiary alicyclic amines) is 1. The van der Waals surface area contributed by atoms with Crippen LogP contribution in [0.25, 0.3) is 10.6 Å². The third-order valence-corrected chi connectivity index (χ3v) is 6.09. The molecular formula is C20H19N5O3S. The summed E-state index contributed by atoms with van der Waals surface area (Å²) in [6.07, 6.45) is 3.17. The molecule has 0 spiro atoms. The summed E-state index contributed by atoms with van der Waals surface area (Å²) in [5.74, 6) is 0.858. The predicted molar refractivity (Wildman–Crippen MR) is 110 cm³/mol. The third-order valence-electron chi connectivity index (χ3n) is 5.20. The van der Waals surface area contributed by atoms with E-state index in [-0.39, 0.29) is 18.2 Å². The number of carbonyl (C=O) groups excluding carboxylic acids is 2. The summed E-state index contributed by atoms with van der Waals surface area (Å²) in [4.78, 5) is 31.2. The van der Waals surface area contributed by atoms with Crippen molar-refractivity contribution in [2.75, 3.05) is 19.7 Å². The minimum Gasteiger partial charge on any atom is -0.493 e. The van der Waals surface area contributed by atoms with E-state index in [0.717, 1.165) is 54.2 Å². The highest BCUT2D eigenvalue weighted by molar-refractivity contribution is 7.13. The van der Waals surface area contributed by atoms with Crippen molar-refractivity contribution >= 4 is 34.7 Å². The van der Waals surface area contributed by atoms with Crippen molar-refractivity contribution < 1.29 is 14.3 Å². The Hall–Kier alpha value is -3.07. The lowest BCUT2D eigenvalue weighted by Crippen LogP contribution is -2.36. The van der Waals surface area contributed by atoms with Gasteiger partial charge in [0, 0.05) is 30.5 Å². The number of fused-ring (bicyclic) bond motifs is 1. The third kappa shape index (κ3) is 3.53. The molecule has 0 aliphatic carbocycles. The van der Waals surface area contributed by atoms with E-state index in [1.54, 1.807) is 10.3 Å². The van der Waals surface area contributed by atoms with Gasteiger partial charge in [-0.05, 0) is 36.6 Å². The molecule has 4 heterocycles. The molecule has 0 atom stereocenters. The van der Waals surface area contributed by atoms with Crippen LogP contribution in [0.3, 0.4) is 0 Å². The fourth-order valence-electron chi connectivity index (χ4n) is 3.67. The lowest BCUT2D eigenvalue weighted by Gasteiger charge is -2.14. The molecule has 2 amide bonds. The molecule has 0 unspecified atom stereocenters. The molecule has 1 fully saturated rings. The number of hydrogen-bond acceptors (Lipinski definition) is 7. The number of hydrogen-bond donors (Lipinski definition) is 1. The molecule has 0 bridgehead atoms. The van der Waals surface area contributed by atoms with Crippen LogP contribution in [0.1, 0.15) is 35.3 Å². The highest BCUT2D eigenvalue weighted by atomic mass is 32.1. The highest BCUT2D eigenvalue weighted by Crippen LogP contribution is 2.31. The monoisotopic (exact) mass is 409 g/mol. The Morgan fingerprint density at radius 3 is 2.90 bits per heavy atom. The van der Waals surface area contributed by atoms with Crippen molar-refractivity contribution in [2.24, 2.45) is 10.2 Å². The van der Waals surface area contributed by atoms with E-state index in [1.165, 1.54) is 11.3 Å². The summed E-state index contributed by atoms with van der Waals surface area (Å²) < 4.78 is 5.53. The lowest BCUT2D eigenvalue weighted by atomic mass is 10.1. The molecule has 1 aromatic carbocycles. The van der Waals surface area contributed by atoms with Crippen molar-refractivity contribution in [1.82, 2.24) is 15.2 Å². The summed E-state index contributed by atoms with van der Waals surface area (Å²) in [6, 6.07) is 5.96. The van der Waals surface area contributed by atoms with Crippen LogP contribution in [0.5, 0.6) is 5.75 Å². The van der Waals surface area contributed by atoms with E-state index >= 15 is 0 Å². The molecule has 0 radical (unpaired) electrons. The van der Waals surface area contributed by atoms with E-state index in [4.69, 9.17) is 4.74 Å². The van der Waals surface area contributed by atoms with Gasteiger partial charge in [-0.3, -0.25) is 9.59 Å². The molecule has 29 heavy (non-hydrogen) atoms. The smallest absolute Gasteiger partial charge is 0.276 e. The molecular weight excluding hydrogens is 390 g/mol. The zero-order chi connectivity index (χ0) is 19.8. The number of amides is 2. The van der Waals surface area contributed by atoms with E-state index in [0.29, 0.717) is 23.8 Å². The predicted octanol–water partition coefficient (Wildman–Crippen LogP) is 2.26. The second kappa shape index (κ2) is 7.40. The van der Waals surface area contributed by atoms with Crippen LogP contribution in [0.2, 0.25) is 0 Å². The average Bonchev–Trinajstić information content (AvgIpc) is 3.54. The lowest BCUT2D eigenvalue weighted by molar-refractivity contribution is -0.123. The first-order chi connectivity index (χ1) is 14.2. The van der Waals surface area contributed by atoms with Crippen molar-refractivity contribution in [3.8, 4) is 16.3 Å². The van der Waals surface area contributed by atoms with Crippen LogP contribution in [-0.4, -0.2) is 52.9 Å². The molecule has 3 aliphatic heterocycles. The summed E-state index contributed by atoms with van der Waals surface area (Å²) in [6.45, 7) is 2.22. The van der Waals surface area contributed by atoms with Gasteiger partial charge in [0.05, 0.1) is 13.0 Å². The molecule has 5 rings (SSSR count). The SMILES string of the molecule is O=C(NC1=NN=C(C(=O)N2CCCC2)C1)c1csc(-c2ccc3c(c2)CCO3)n1. The summed E-state index contributed by atoms with van der Waals surface area (Å²) in [5, 5.41) is 13.2. The van der Waals surface area contributed by atoms with Gasteiger partial charge in [0.15, 0.2) is 0 Å². The van der Waals surface area contributed by atoms with Crippen LogP contribution in [0, 0.1) is 0 Å². The molecule has 1 saturated heterocycles. The topological polar surface area (TPSA) is 96.2 Å². The number of ether oxygens (including phenoxy) is 1. The van der Waals surface area contributed by atoms with Gasteiger partial charge in [0.1, 0.15) is 28.0 Å². The van der Waals surface area contributed by atoms with Gasteiger partial charge in [-0.1, -0.05) is 0 Å². The summed E-state index contributed by atoms with van der Waals surface area (Å²) >= 11 is 1.41. The molecule has 0 saturated carbocycles.